The summed E-state index contributed by atoms with van der Waals surface area (Å²) in [5.74, 6) is -0.902. The number of primary amides is 1. The van der Waals surface area contributed by atoms with Crippen LogP contribution in [0.15, 0.2) is 24.3 Å². The number of carbonyl (C=O) groups excluding carboxylic acids is 3. The minimum atomic E-state index is -0.603. The maximum Gasteiger partial charge on any atom is 0.251 e. The summed E-state index contributed by atoms with van der Waals surface area (Å²) in [4.78, 5) is 38.5. The summed E-state index contributed by atoms with van der Waals surface area (Å²) in [5.41, 5.74) is 5.81. The van der Waals surface area contributed by atoms with Gasteiger partial charge in [0.25, 0.3) is 5.91 Å². The molecule has 1 fully saturated rings. The molecule has 1 saturated heterocycles. The van der Waals surface area contributed by atoms with Gasteiger partial charge in [0.1, 0.15) is 6.04 Å². The van der Waals surface area contributed by atoms with Crippen molar-refractivity contribution >= 4 is 29.3 Å². The molecule has 1 aliphatic rings. The molecule has 7 heteroatoms. The number of halogens is 1. The fourth-order valence-corrected chi connectivity index (χ4v) is 3.22. The van der Waals surface area contributed by atoms with Crippen molar-refractivity contribution in [1.82, 2.24) is 10.2 Å². The lowest BCUT2D eigenvalue weighted by atomic mass is 9.93. The van der Waals surface area contributed by atoms with Crippen molar-refractivity contribution in [2.24, 2.45) is 17.6 Å². The number of likely N-dealkylation sites (tertiary alicyclic amines) is 1. The molecule has 0 radical (unpaired) electrons. The van der Waals surface area contributed by atoms with Gasteiger partial charge in [0, 0.05) is 29.6 Å². The van der Waals surface area contributed by atoms with Crippen LogP contribution in [-0.4, -0.2) is 41.8 Å². The molecule has 0 aromatic heterocycles. The Morgan fingerprint density at radius 3 is 2.31 bits per heavy atom. The number of rotatable bonds is 6. The molecule has 1 aromatic rings. The number of nitrogens with zero attached hydrogens (tertiary/aromatic N) is 1. The quantitative estimate of drug-likeness (QED) is 0.793. The Kier molecular flexibility index (Phi) is 7.03. The van der Waals surface area contributed by atoms with Gasteiger partial charge in [-0.2, -0.15) is 0 Å². The number of nitrogens with two attached hydrogens (primary N) is 1. The summed E-state index contributed by atoms with van der Waals surface area (Å²) >= 11 is 5.86. The van der Waals surface area contributed by atoms with Crippen LogP contribution in [0.25, 0.3) is 0 Å². The average Bonchev–Trinajstić information content (AvgIpc) is 2.65. The van der Waals surface area contributed by atoms with Crippen LogP contribution in [0, 0.1) is 11.8 Å². The molecule has 6 nitrogen and oxygen atoms in total. The molecule has 3 N–H and O–H groups in total. The fourth-order valence-electron chi connectivity index (χ4n) is 3.09. The van der Waals surface area contributed by atoms with Gasteiger partial charge in [-0.25, -0.2) is 0 Å². The van der Waals surface area contributed by atoms with E-state index in [9.17, 15) is 14.4 Å². The topological polar surface area (TPSA) is 92.5 Å². The third kappa shape index (κ3) is 4.97. The smallest absolute Gasteiger partial charge is 0.251 e. The SMILES string of the molecule is CCC(C)C(NC(=O)c1ccc(Cl)cc1)C(=O)N1CCC(C(N)=O)CC1. The van der Waals surface area contributed by atoms with E-state index in [4.69, 9.17) is 17.3 Å². The van der Waals surface area contributed by atoms with Crippen LogP contribution < -0.4 is 11.1 Å². The Hall–Kier alpha value is -2.08. The minimum absolute atomic E-state index is 0.00684. The Morgan fingerprint density at radius 1 is 1.23 bits per heavy atom. The largest absolute Gasteiger partial charge is 0.369 e. The molecule has 2 rings (SSSR count). The first-order valence-electron chi connectivity index (χ1n) is 8.98. The number of hydrogen-bond acceptors (Lipinski definition) is 3. The van der Waals surface area contributed by atoms with Crippen LogP contribution >= 0.6 is 11.6 Å². The van der Waals surface area contributed by atoms with Crippen molar-refractivity contribution in [3.63, 3.8) is 0 Å². The maximum absolute atomic E-state index is 13.0. The monoisotopic (exact) mass is 379 g/mol. The molecule has 0 saturated carbocycles. The molecule has 142 valence electrons. The third-order valence-electron chi connectivity index (χ3n) is 5.08. The minimum Gasteiger partial charge on any atom is -0.369 e. The number of nitrogens with one attached hydrogen (secondary N) is 1. The number of piperidine rings is 1. The highest BCUT2D eigenvalue weighted by atomic mass is 35.5. The van der Waals surface area contributed by atoms with Crippen LogP contribution in [0.1, 0.15) is 43.5 Å². The molecule has 2 atom stereocenters. The van der Waals surface area contributed by atoms with E-state index >= 15 is 0 Å². The van der Waals surface area contributed by atoms with Crippen molar-refractivity contribution < 1.29 is 14.4 Å². The second kappa shape index (κ2) is 9.03. The van der Waals surface area contributed by atoms with Crippen LogP contribution in [0.3, 0.4) is 0 Å². The fraction of sp³-hybridized carbons (Fsp3) is 0.526. The summed E-state index contributed by atoms with van der Waals surface area (Å²) in [6, 6.07) is 5.95. The zero-order chi connectivity index (χ0) is 19.3. The van der Waals surface area contributed by atoms with Gasteiger partial charge in [0.15, 0.2) is 0 Å². The van der Waals surface area contributed by atoms with Gasteiger partial charge in [-0.15, -0.1) is 0 Å². The normalized spacial score (nSPS) is 17.4. The highest BCUT2D eigenvalue weighted by molar-refractivity contribution is 6.30. The summed E-state index contributed by atoms with van der Waals surface area (Å²) in [6.45, 7) is 4.89. The van der Waals surface area contributed by atoms with Gasteiger partial charge in [0.2, 0.25) is 11.8 Å². The average molecular weight is 380 g/mol. The van der Waals surface area contributed by atoms with E-state index in [2.05, 4.69) is 5.32 Å². The van der Waals surface area contributed by atoms with E-state index in [1.807, 2.05) is 13.8 Å². The summed E-state index contributed by atoms with van der Waals surface area (Å²) in [6.07, 6.45) is 1.90. The van der Waals surface area contributed by atoms with Crippen molar-refractivity contribution in [3.8, 4) is 0 Å². The highest BCUT2D eigenvalue weighted by Gasteiger charge is 2.33. The molecule has 2 unspecified atom stereocenters. The summed E-state index contributed by atoms with van der Waals surface area (Å²) < 4.78 is 0. The molecular weight excluding hydrogens is 354 g/mol. The molecule has 1 aliphatic heterocycles. The Bertz CT molecular complexity index is 654. The Balaban J connectivity index is 2.07. The van der Waals surface area contributed by atoms with Crippen LogP contribution in [0.2, 0.25) is 5.02 Å². The Morgan fingerprint density at radius 2 is 1.81 bits per heavy atom. The van der Waals surface area contributed by atoms with E-state index in [-0.39, 0.29) is 29.6 Å². The second-order valence-electron chi connectivity index (χ2n) is 6.85. The highest BCUT2D eigenvalue weighted by Crippen LogP contribution is 2.20. The predicted molar refractivity (Wildman–Crippen MR) is 101 cm³/mol. The van der Waals surface area contributed by atoms with Crippen molar-refractivity contribution in [2.45, 2.75) is 39.2 Å². The van der Waals surface area contributed by atoms with Gasteiger partial charge in [-0.1, -0.05) is 31.9 Å². The summed E-state index contributed by atoms with van der Waals surface area (Å²) in [5, 5.41) is 3.42. The third-order valence-corrected chi connectivity index (χ3v) is 5.33. The van der Waals surface area contributed by atoms with Crippen LogP contribution in [-0.2, 0) is 9.59 Å². The van der Waals surface area contributed by atoms with Crippen LogP contribution in [0.5, 0.6) is 0 Å². The lowest BCUT2D eigenvalue weighted by Crippen LogP contribution is -2.53. The van der Waals surface area contributed by atoms with Crippen molar-refractivity contribution in [2.75, 3.05) is 13.1 Å². The molecule has 1 aromatic carbocycles. The lowest BCUT2D eigenvalue weighted by Gasteiger charge is -2.35. The number of carbonyl (C=O) groups is 3. The van der Waals surface area contributed by atoms with Crippen molar-refractivity contribution in [3.05, 3.63) is 34.9 Å². The molecule has 0 bridgehead atoms. The number of amides is 3. The molecule has 26 heavy (non-hydrogen) atoms. The predicted octanol–water partition coefficient (Wildman–Crippen LogP) is 2.21. The number of hydrogen-bond donors (Lipinski definition) is 2. The molecule has 3 amide bonds. The number of benzene rings is 1. The zero-order valence-electron chi connectivity index (χ0n) is 15.2. The van der Waals surface area contributed by atoms with Gasteiger partial charge in [-0.3, -0.25) is 14.4 Å². The van der Waals surface area contributed by atoms with E-state index in [1.54, 1.807) is 29.2 Å². The molecule has 1 heterocycles. The first-order valence-corrected chi connectivity index (χ1v) is 9.35. The lowest BCUT2D eigenvalue weighted by molar-refractivity contribution is -0.137. The van der Waals surface area contributed by atoms with Crippen molar-refractivity contribution in [1.29, 1.82) is 0 Å². The van der Waals surface area contributed by atoms with Gasteiger partial charge in [0.05, 0.1) is 0 Å². The van der Waals surface area contributed by atoms with E-state index in [0.29, 0.717) is 36.5 Å². The Labute approximate surface area is 159 Å². The summed E-state index contributed by atoms with van der Waals surface area (Å²) in [7, 11) is 0. The first kappa shape index (κ1) is 20.2. The van der Waals surface area contributed by atoms with E-state index in [1.165, 1.54) is 0 Å². The van der Waals surface area contributed by atoms with E-state index in [0.717, 1.165) is 6.42 Å². The first-order chi connectivity index (χ1) is 12.3. The standard InChI is InChI=1S/C19H26ClN3O3/c1-3-12(2)16(22-18(25)14-4-6-15(20)7-5-14)19(26)23-10-8-13(9-11-23)17(21)24/h4-7,12-13,16H,3,8-11H2,1-2H3,(H2,21,24)(H,22,25). The molecule has 0 spiro atoms. The van der Waals surface area contributed by atoms with Gasteiger partial charge >= 0.3 is 0 Å². The van der Waals surface area contributed by atoms with Gasteiger partial charge in [-0.05, 0) is 43.0 Å². The zero-order valence-corrected chi connectivity index (χ0v) is 16.0. The molecular formula is C19H26ClN3O3. The van der Waals surface area contributed by atoms with Gasteiger partial charge < -0.3 is 16.0 Å². The second-order valence-corrected chi connectivity index (χ2v) is 7.28. The maximum atomic E-state index is 13.0. The van der Waals surface area contributed by atoms with Crippen LogP contribution in [0.4, 0.5) is 0 Å². The van der Waals surface area contributed by atoms with E-state index < -0.39 is 6.04 Å². The molecule has 0 aliphatic carbocycles.